The van der Waals surface area contributed by atoms with Crippen LogP contribution < -0.4 is 9.47 Å². The van der Waals surface area contributed by atoms with Gasteiger partial charge in [0.25, 0.3) is 0 Å². The van der Waals surface area contributed by atoms with Crippen molar-refractivity contribution in [2.24, 2.45) is 5.92 Å². The van der Waals surface area contributed by atoms with Crippen molar-refractivity contribution < 1.29 is 53.6 Å². The van der Waals surface area contributed by atoms with Crippen LogP contribution in [0.15, 0.2) is 24.5 Å². The number of methoxy groups -OCH3 is 3. The molecule has 0 bridgehead atoms. The van der Waals surface area contributed by atoms with E-state index < -0.39 is 61.5 Å². The molecule has 0 spiro atoms. The van der Waals surface area contributed by atoms with Gasteiger partial charge in [0.15, 0.2) is 23.6 Å². The number of ether oxygens (including phenoxy) is 6. The average molecular weight is 497 g/mol. The standard InChI is InChI=1S/C24H32O11/c1-30-14-5-4-11(6-16(14)31-2)13-10-33-15-8-18(17(32-3)7-12(15)20(13)26)34-24-23(29)22(28)21(27)19(9-25)35-24/h4-6,10,12,15,17-19,21-25,27-29H,7-9H2,1-3H3/t12?,15?,17?,18?,19-,21-,22+,23-,24-/m0/s1. The molecule has 1 aliphatic carbocycles. The maximum Gasteiger partial charge on any atom is 0.187 e. The van der Waals surface area contributed by atoms with E-state index in [0.29, 0.717) is 29.1 Å². The van der Waals surface area contributed by atoms with E-state index in [1.807, 2.05) is 0 Å². The van der Waals surface area contributed by atoms with Gasteiger partial charge in [0.05, 0.1) is 50.8 Å². The Morgan fingerprint density at radius 2 is 1.71 bits per heavy atom. The van der Waals surface area contributed by atoms with Crippen LogP contribution in [0.5, 0.6) is 11.5 Å². The predicted molar refractivity (Wildman–Crippen MR) is 120 cm³/mol. The molecule has 4 rings (SSSR count). The summed E-state index contributed by atoms with van der Waals surface area (Å²) in [5.74, 6) is 0.459. The van der Waals surface area contributed by atoms with Crippen LogP contribution in [0.25, 0.3) is 5.57 Å². The summed E-state index contributed by atoms with van der Waals surface area (Å²) in [6, 6.07) is 5.20. The molecule has 194 valence electrons. The fraction of sp³-hybridized carbons (Fsp3) is 0.625. The van der Waals surface area contributed by atoms with Crippen molar-refractivity contribution in [2.75, 3.05) is 27.9 Å². The Morgan fingerprint density at radius 3 is 2.37 bits per heavy atom. The zero-order chi connectivity index (χ0) is 25.3. The number of Topliss-reactive ketones (excluding diaryl/α,β-unsaturated/α-hetero) is 1. The van der Waals surface area contributed by atoms with E-state index in [4.69, 9.17) is 28.4 Å². The Bertz CT molecular complexity index is 932. The van der Waals surface area contributed by atoms with Gasteiger partial charge in [-0.05, 0) is 24.1 Å². The molecule has 2 fully saturated rings. The maximum absolute atomic E-state index is 13.4. The number of aliphatic hydroxyl groups is 4. The SMILES string of the molecule is COc1ccc(C2=COC3CC(O[C@H]4O[C@@H](CO)[C@H](O)[C@@H](O)[C@@H]4O)C(OC)CC3C2=O)cc1OC. The molecule has 0 aromatic heterocycles. The molecule has 1 aromatic carbocycles. The Labute approximate surface area is 202 Å². The summed E-state index contributed by atoms with van der Waals surface area (Å²) in [4.78, 5) is 13.4. The monoisotopic (exact) mass is 496 g/mol. The van der Waals surface area contributed by atoms with E-state index in [1.54, 1.807) is 18.2 Å². The number of allylic oxidation sites excluding steroid dienone is 1. The predicted octanol–water partition coefficient (Wildman–Crippen LogP) is -0.377. The lowest BCUT2D eigenvalue weighted by molar-refractivity contribution is -0.322. The molecule has 4 unspecified atom stereocenters. The van der Waals surface area contributed by atoms with Crippen LogP contribution in [0.1, 0.15) is 18.4 Å². The van der Waals surface area contributed by atoms with E-state index in [1.165, 1.54) is 27.6 Å². The molecule has 35 heavy (non-hydrogen) atoms. The summed E-state index contributed by atoms with van der Waals surface area (Å²) in [6.45, 7) is -0.560. The van der Waals surface area contributed by atoms with Gasteiger partial charge in [-0.1, -0.05) is 6.07 Å². The van der Waals surface area contributed by atoms with Gasteiger partial charge in [0.2, 0.25) is 0 Å². The Kier molecular flexibility index (Phi) is 7.96. The first-order chi connectivity index (χ1) is 16.8. The largest absolute Gasteiger partial charge is 0.496 e. The molecule has 11 nitrogen and oxygen atoms in total. The molecular weight excluding hydrogens is 464 g/mol. The fourth-order valence-corrected chi connectivity index (χ4v) is 4.90. The average Bonchev–Trinajstić information content (AvgIpc) is 2.88. The van der Waals surface area contributed by atoms with Crippen LogP contribution in [0.3, 0.4) is 0 Å². The molecule has 3 aliphatic rings. The highest BCUT2D eigenvalue weighted by Gasteiger charge is 2.49. The third-order valence-corrected chi connectivity index (χ3v) is 6.93. The number of benzene rings is 1. The van der Waals surface area contributed by atoms with Gasteiger partial charge >= 0.3 is 0 Å². The highest BCUT2D eigenvalue weighted by molar-refractivity contribution is 6.22. The van der Waals surface area contributed by atoms with Gasteiger partial charge in [-0.2, -0.15) is 0 Å². The molecule has 9 atom stereocenters. The van der Waals surface area contributed by atoms with Crippen molar-refractivity contribution in [3.63, 3.8) is 0 Å². The zero-order valence-electron chi connectivity index (χ0n) is 19.8. The summed E-state index contributed by atoms with van der Waals surface area (Å²) >= 11 is 0. The third kappa shape index (κ3) is 4.90. The number of hydrogen-bond acceptors (Lipinski definition) is 11. The van der Waals surface area contributed by atoms with E-state index >= 15 is 0 Å². The highest BCUT2D eigenvalue weighted by Crippen LogP contribution is 2.40. The molecule has 0 amide bonds. The summed E-state index contributed by atoms with van der Waals surface area (Å²) in [5.41, 5.74) is 1.05. The first-order valence-corrected chi connectivity index (χ1v) is 11.4. The smallest absolute Gasteiger partial charge is 0.187 e. The van der Waals surface area contributed by atoms with Crippen LogP contribution >= 0.6 is 0 Å². The van der Waals surface area contributed by atoms with Gasteiger partial charge in [-0.3, -0.25) is 4.79 Å². The van der Waals surface area contributed by atoms with Crippen LogP contribution in [0, 0.1) is 5.92 Å². The zero-order valence-corrected chi connectivity index (χ0v) is 19.8. The molecule has 0 radical (unpaired) electrons. The first-order valence-electron chi connectivity index (χ1n) is 11.4. The molecule has 1 aromatic rings. The van der Waals surface area contributed by atoms with E-state index in [9.17, 15) is 25.2 Å². The van der Waals surface area contributed by atoms with E-state index in [-0.39, 0.29) is 12.2 Å². The van der Waals surface area contributed by atoms with Crippen LogP contribution in [0.4, 0.5) is 0 Å². The lowest BCUT2D eigenvalue weighted by Crippen LogP contribution is -2.61. The summed E-state index contributed by atoms with van der Waals surface area (Å²) < 4.78 is 33.6. The Balaban J connectivity index is 1.50. The van der Waals surface area contributed by atoms with Gasteiger partial charge < -0.3 is 48.8 Å². The first kappa shape index (κ1) is 25.8. The molecule has 2 heterocycles. The Morgan fingerprint density at radius 1 is 0.971 bits per heavy atom. The second kappa shape index (κ2) is 10.8. The maximum atomic E-state index is 13.4. The molecule has 2 aliphatic heterocycles. The van der Waals surface area contributed by atoms with Gasteiger partial charge in [-0.25, -0.2) is 0 Å². The van der Waals surface area contributed by atoms with Crippen LogP contribution in [-0.2, 0) is 23.7 Å². The van der Waals surface area contributed by atoms with Crippen molar-refractivity contribution in [1.29, 1.82) is 0 Å². The normalized spacial score (nSPS) is 37.2. The number of fused-ring (bicyclic) bond motifs is 1. The number of carbonyl (C=O) groups is 1. The van der Waals surface area contributed by atoms with Crippen molar-refractivity contribution >= 4 is 11.4 Å². The number of hydrogen-bond donors (Lipinski definition) is 4. The van der Waals surface area contributed by atoms with Crippen molar-refractivity contribution in [1.82, 2.24) is 0 Å². The summed E-state index contributed by atoms with van der Waals surface area (Å²) in [6.07, 6.45) is -6.62. The number of aliphatic hydroxyl groups excluding tert-OH is 4. The molecule has 1 saturated carbocycles. The third-order valence-electron chi connectivity index (χ3n) is 6.93. The minimum Gasteiger partial charge on any atom is -0.496 e. The van der Waals surface area contributed by atoms with Gasteiger partial charge in [0, 0.05) is 13.5 Å². The topological polar surface area (TPSA) is 153 Å². The summed E-state index contributed by atoms with van der Waals surface area (Å²) in [7, 11) is 4.55. The van der Waals surface area contributed by atoms with Crippen LogP contribution in [0.2, 0.25) is 0 Å². The van der Waals surface area contributed by atoms with E-state index in [2.05, 4.69) is 0 Å². The number of ketones is 1. The lowest BCUT2D eigenvalue weighted by atomic mass is 9.76. The van der Waals surface area contributed by atoms with Crippen LogP contribution in [-0.4, -0.2) is 103 Å². The van der Waals surface area contributed by atoms with E-state index in [0.717, 1.165) is 0 Å². The highest BCUT2D eigenvalue weighted by atomic mass is 16.7. The second-order valence-corrected chi connectivity index (χ2v) is 8.86. The second-order valence-electron chi connectivity index (χ2n) is 8.86. The van der Waals surface area contributed by atoms with Gasteiger partial charge in [-0.15, -0.1) is 0 Å². The lowest BCUT2D eigenvalue weighted by Gasteiger charge is -2.45. The van der Waals surface area contributed by atoms with Crippen molar-refractivity contribution in [3.05, 3.63) is 30.0 Å². The minimum atomic E-state index is -1.55. The molecule has 4 N–H and O–H groups in total. The minimum absolute atomic E-state index is 0.0955. The Hall–Kier alpha value is -2.25. The molecule has 11 heteroatoms. The summed E-state index contributed by atoms with van der Waals surface area (Å²) in [5, 5.41) is 39.8. The van der Waals surface area contributed by atoms with Crippen molar-refractivity contribution in [2.45, 2.75) is 61.9 Å². The molecule has 1 saturated heterocycles. The van der Waals surface area contributed by atoms with Gasteiger partial charge in [0.1, 0.15) is 30.5 Å². The van der Waals surface area contributed by atoms with Crippen molar-refractivity contribution in [3.8, 4) is 11.5 Å². The quantitative estimate of drug-likeness (QED) is 0.391. The number of rotatable bonds is 7. The molecular formula is C24H32O11. The fourth-order valence-electron chi connectivity index (χ4n) is 4.90. The number of carbonyl (C=O) groups excluding carboxylic acids is 1.